The molecule has 0 radical (unpaired) electrons. The van der Waals surface area contributed by atoms with Crippen LogP contribution >= 0.6 is 0 Å². The van der Waals surface area contributed by atoms with E-state index in [2.05, 4.69) is 4.90 Å². The lowest BCUT2D eigenvalue weighted by Crippen LogP contribution is -2.61. The molecule has 6 heteroatoms. The lowest BCUT2D eigenvalue weighted by Gasteiger charge is -2.46. The Morgan fingerprint density at radius 2 is 1.88 bits per heavy atom. The van der Waals surface area contributed by atoms with E-state index >= 15 is 0 Å². The number of halogens is 2. The Kier molecular flexibility index (Phi) is 5.37. The van der Waals surface area contributed by atoms with Gasteiger partial charge in [-0.3, -0.25) is 4.90 Å². The maximum Gasteiger partial charge on any atom is 0.162 e. The second-order valence-electron chi connectivity index (χ2n) is 7.03. The van der Waals surface area contributed by atoms with Crippen LogP contribution in [0.4, 0.5) is 8.78 Å². The third-order valence-corrected chi connectivity index (χ3v) is 5.26. The fraction of sp³-hybridized carbons (Fsp3) is 0.667. The zero-order chi connectivity index (χ0) is 17.2. The highest BCUT2D eigenvalue weighted by Gasteiger charge is 2.43. The van der Waals surface area contributed by atoms with Crippen LogP contribution in [0, 0.1) is 11.6 Å². The quantitative estimate of drug-likeness (QED) is 0.883. The van der Waals surface area contributed by atoms with E-state index in [4.69, 9.17) is 4.74 Å². The number of rotatable bonds is 4. The molecular weight excluding hydrogens is 316 g/mol. The van der Waals surface area contributed by atoms with Gasteiger partial charge in [0, 0.05) is 25.2 Å². The Morgan fingerprint density at radius 3 is 2.58 bits per heavy atom. The Bertz CT molecular complexity index is 565. The average Bonchev–Trinajstić information content (AvgIpc) is 2.59. The first-order valence-electron chi connectivity index (χ1n) is 8.70. The highest BCUT2D eigenvalue weighted by atomic mass is 19.2. The van der Waals surface area contributed by atoms with Gasteiger partial charge in [0.1, 0.15) is 18.0 Å². The van der Waals surface area contributed by atoms with Gasteiger partial charge in [0.05, 0.1) is 6.10 Å². The Labute approximate surface area is 141 Å². The van der Waals surface area contributed by atoms with Crippen LogP contribution in [0.3, 0.4) is 0 Å². The van der Waals surface area contributed by atoms with E-state index in [0.29, 0.717) is 19.0 Å². The Hall–Kier alpha value is -1.24. The summed E-state index contributed by atoms with van der Waals surface area (Å²) in [6.45, 7) is 0.949. The van der Waals surface area contributed by atoms with Gasteiger partial charge in [0.15, 0.2) is 11.6 Å². The third kappa shape index (κ3) is 3.87. The van der Waals surface area contributed by atoms with Crippen molar-refractivity contribution in [1.29, 1.82) is 0 Å². The monoisotopic (exact) mass is 341 g/mol. The Morgan fingerprint density at radius 1 is 1.12 bits per heavy atom. The van der Waals surface area contributed by atoms with Gasteiger partial charge in [-0.1, -0.05) is 19.3 Å². The van der Waals surface area contributed by atoms with E-state index in [9.17, 15) is 19.0 Å². The number of likely N-dealkylation sites (tertiary alicyclic amines) is 1. The van der Waals surface area contributed by atoms with Crippen LogP contribution in [-0.4, -0.2) is 52.6 Å². The predicted octanol–water partition coefficient (Wildman–Crippen LogP) is 2.47. The van der Waals surface area contributed by atoms with Crippen molar-refractivity contribution in [3.8, 4) is 5.75 Å². The largest absolute Gasteiger partial charge is 0.490 e. The predicted molar refractivity (Wildman–Crippen MR) is 85.9 cm³/mol. The van der Waals surface area contributed by atoms with E-state index in [1.165, 1.54) is 25.3 Å². The lowest BCUT2D eigenvalue weighted by molar-refractivity contribution is -0.146. The minimum absolute atomic E-state index is 0.143. The van der Waals surface area contributed by atoms with Crippen molar-refractivity contribution in [1.82, 2.24) is 4.90 Å². The summed E-state index contributed by atoms with van der Waals surface area (Å²) in [5.74, 6) is -1.79. The zero-order valence-corrected chi connectivity index (χ0v) is 13.8. The van der Waals surface area contributed by atoms with Gasteiger partial charge in [-0.05, 0) is 31.4 Å². The minimum Gasteiger partial charge on any atom is -0.490 e. The summed E-state index contributed by atoms with van der Waals surface area (Å²) in [7, 11) is 0. The first-order chi connectivity index (χ1) is 11.5. The van der Waals surface area contributed by atoms with Crippen LogP contribution in [0.1, 0.15) is 38.5 Å². The fourth-order valence-corrected chi connectivity index (χ4v) is 3.77. The molecule has 1 aliphatic heterocycles. The fourth-order valence-electron chi connectivity index (χ4n) is 3.77. The van der Waals surface area contributed by atoms with E-state index in [1.807, 2.05) is 0 Å². The van der Waals surface area contributed by atoms with Gasteiger partial charge in [0.25, 0.3) is 0 Å². The van der Waals surface area contributed by atoms with E-state index in [0.717, 1.165) is 31.5 Å². The number of benzene rings is 1. The van der Waals surface area contributed by atoms with Crippen LogP contribution in [0.5, 0.6) is 5.75 Å². The summed E-state index contributed by atoms with van der Waals surface area (Å²) in [6, 6.07) is 3.70. The molecule has 4 nitrogen and oxygen atoms in total. The van der Waals surface area contributed by atoms with Crippen LogP contribution in [0.15, 0.2) is 18.2 Å². The molecule has 1 aromatic carbocycles. The Balaban J connectivity index is 1.63. The molecule has 1 aliphatic carbocycles. The van der Waals surface area contributed by atoms with Crippen LogP contribution in [0.2, 0.25) is 0 Å². The van der Waals surface area contributed by atoms with Crippen molar-refractivity contribution >= 4 is 0 Å². The van der Waals surface area contributed by atoms with E-state index in [1.54, 1.807) is 0 Å². The molecule has 0 spiro atoms. The van der Waals surface area contributed by atoms with Gasteiger partial charge < -0.3 is 14.9 Å². The van der Waals surface area contributed by atoms with Gasteiger partial charge in [0.2, 0.25) is 0 Å². The normalized spacial score (nSPS) is 29.6. The number of hydrogen-bond acceptors (Lipinski definition) is 4. The zero-order valence-electron chi connectivity index (χ0n) is 13.8. The molecule has 24 heavy (non-hydrogen) atoms. The van der Waals surface area contributed by atoms with Crippen molar-refractivity contribution < 1.29 is 23.7 Å². The molecule has 2 fully saturated rings. The summed E-state index contributed by atoms with van der Waals surface area (Å²) < 4.78 is 31.7. The first kappa shape index (κ1) is 17.6. The molecule has 3 rings (SSSR count). The smallest absolute Gasteiger partial charge is 0.162 e. The van der Waals surface area contributed by atoms with Crippen molar-refractivity contribution in [3.63, 3.8) is 0 Å². The van der Waals surface area contributed by atoms with Gasteiger partial charge in [-0.2, -0.15) is 0 Å². The molecule has 1 heterocycles. The van der Waals surface area contributed by atoms with Crippen molar-refractivity contribution in [3.05, 3.63) is 29.8 Å². The van der Waals surface area contributed by atoms with Crippen molar-refractivity contribution in [2.45, 2.75) is 56.3 Å². The van der Waals surface area contributed by atoms with Gasteiger partial charge in [-0.25, -0.2) is 8.78 Å². The standard InChI is InChI=1S/C18H25F2NO3/c19-15-7-6-14(10-16(15)20)24-12-18(23)11-21(9-8-17(18)22)13-4-2-1-3-5-13/h6-7,10,13,17,22-23H,1-5,8-9,11-12H2/t17-,18-/m0/s1. The second kappa shape index (κ2) is 7.33. The molecule has 1 saturated carbocycles. The summed E-state index contributed by atoms with van der Waals surface area (Å²) in [5, 5.41) is 21.1. The molecule has 2 atom stereocenters. The highest BCUT2D eigenvalue weighted by Crippen LogP contribution is 2.30. The molecule has 1 aromatic rings. The number of aliphatic hydroxyl groups is 2. The molecule has 0 bridgehead atoms. The SMILES string of the molecule is O[C@H]1CCN(C2CCCCC2)C[C@]1(O)COc1ccc(F)c(F)c1. The third-order valence-electron chi connectivity index (χ3n) is 5.26. The van der Waals surface area contributed by atoms with Gasteiger partial charge >= 0.3 is 0 Å². The van der Waals surface area contributed by atoms with Crippen LogP contribution in [0.25, 0.3) is 0 Å². The maximum absolute atomic E-state index is 13.2. The summed E-state index contributed by atoms with van der Waals surface area (Å²) in [4.78, 5) is 2.24. The molecule has 0 aromatic heterocycles. The summed E-state index contributed by atoms with van der Waals surface area (Å²) in [5.41, 5.74) is -1.40. The average molecular weight is 341 g/mol. The highest BCUT2D eigenvalue weighted by molar-refractivity contribution is 5.23. The topological polar surface area (TPSA) is 52.9 Å². The van der Waals surface area contributed by atoms with Gasteiger partial charge in [-0.15, -0.1) is 0 Å². The molecule has 2 N–H and O–H groups in total. The molecular formula is C18H25F2NO3. The molecule has 0 amide bonds. The van der Waals surface area contributed by atoms with Crippen molar-refractivity contribution in [2.75, 3.05) is 19.7 Å². The van der Waals surface area contributed by atoms with E-state index in [-0.39, 0.29) is 12.4 Å². The van der Waals surface area contributed by atoms with E-state index < -0.39 is 23.3 Å². The van der Waals surface area contributed by atoms with Crippen LogP contribution in [-0.2, 0) is 0 Å². The number of nitrogens with zero attached hydrogens (tertiary/aromatic N) is 1. The van der Waals surface area contributed by atoms with Crippen LogP contribution < -0.4 is 4.74 Å². The molecule has 0 unspecified atom stereocenters. The summed E-state index contributed by atoms with van der Waals surface area (Å²) in [6.07, 6.45) is 5.50. The molecule has 1 saturated heterocycles. The number of β-amino-alcohol motifs (C(OH)–C–C–N with tert-alkyl or cyclic N) is 1. The van der Waals surface area contributed by atoms with Crippen molar-refractivity contribution in [2.24, 2.45) is 0 Å². The number of hydrogen-bond donors (Lipinski definition) is 2. The molecule has 134 valence electrons. The summed E-state index contributed by atoms with van der Waals surface area (Å²) >= 11 is 0. The first-order valence-corrected chi connectivity index (χ1v) is 8.70. The lowest BCUT2D eigenvalue weighted by atomic mass is 9.86. The number of aliphatic hydroxyl groups excluding tert-OH is 1. The minimum atomic E-state index is -1.40. The number of piperidine rings is 1. The second-order valence-corrected chi connectivity index (χ2v) is 7.03. The number of ether oxygens (including phenoxy) is 1. The molecule has 2 aliphatic rings. The maximum atomic E-state index is 13.2.